The molecule has 8 nitrogen and oxygen atoms in total. The van der Waals surface area contributed by atoms with E-state index >= 15 is 0 Å². The molecule has 0 radical (unpaired) electrons. The molecule has 2 unspecified atom stereocenters. The minimum atomic E-state index is -4.64. The number of aliphatic carboxylic acids is 1. The number of carboxylic acids is 1. The molecule has 2 aromatic carbocycles. The van der Waals surface area contributed by atoms with Gasteiger partial charge in [0.25, 0.3) is 5.91 Å². The Kier molecular flexibility index (Phi) is 6.85. The van der Waals surface area contributed by atoms with E-state index in [1.54, 1.807) is 18.2 Å². The number of H-pyrrole nitrogens is 1. The molecule has 3 aromatic rings. The van der Waals surface area contributed by atoms with Crippen LogP contribution < -0.4 is 16.0 Å². The highest BCUT2D eigenvalue weighted by atomic mass is 35.5. The molecule has 190 valence electrons. The number of alkyl halides is 3. The third kappa shape index (κ3) is 5.40. The van der Waals surface area contributed by atoms with Crippen LogP contribution in [0.4, 0.5) is 23.7 Å². The summed E-state index contributed by atoms with van der Waals surface area (Å²) in [7, 11) is 0. The molecule has 0 saturated carbocycles. The van der Waals surface area contributed by atoms with Gasteiger partial charge in [-0.1, -0.05) is 17.7 Å². The number of halogens is 4. The predicted octanol–water partition coefficient (Wildman–Crippen LogP) is 4.72. The highest BCUT2D eigenvalue weighted by Crippen LogP contribution is 2.36. The fraction of sp³-hybridized carbons (Fsp3) is 0.292. The Morgan fingerprint density at radius 3 is 2.61 bits per heavy atom. The number of carbonyl (C=O) groups is 3. The monoisotopic (exact) mass is 522 g/mol. The van der Waals surface area contributed by atoms with E-state index in [9.17, 15) is 27.6 Å². The number of hydrogen-bond donors (Lipinski definition) is 5. The van der Waals surface area contributed by atoms with Crippen LogP contribution in [0.5, 0.6) is 0 Å². The molecule has 1 aliphatic rings. The summed E-state index contributed by atoms with van der Waals surface area (Å²) < 4.78 is 39.2. The number of aromatic amines is 1. The summed E-state index contributed by atoms with van der Waals surface area (Å²) in [5.41, 5.74) is 1.89. The molecule has 36 heavy (non-hydrogen) atoms. The van der Waals surface area contributed by atoms with E-state index in [1.807, 2.05) is 0 Å². The summed E-state index contributed by atoms with van der Waals surface area (Å²) in [4.78, 5) is 39.1. The second kappa shape index (κ2) is 9.73. The third-order valence-electron chi connectivity index (χ3n) is 6.03. The molecule has 0 spiro atoms. The van der Waals surface area contributed by atoms with Crippen LogP contribution in [0, 0.1) is 0 Å². The topological polar surface area (TPSA) is 123 Å². The third-order valence-corrected chi connectivity index (χ3v) is 6.36. The Balaban J connectivity index is 1.44. The molecule has 1 aliphatic carbocycles. The SMILES string of the molecule is CC(NC(=O)c1ccc2c3c([nH]c2c1)CCC(NC(=O)Nc1ccc(Cl)c(C(F)(F)F)c1)C3)C(=O)O. The maximum atomic E-state index is 13.1. The van der Waals surface area contributed by atoms with E-state index in [4.69, 9.17) is 16.7 Å². The predicted molar refractivity (Wildman–Crippen MR) is 127 cm³/mol. The number of amides is 3. The van der Waals surface area contributed by atoms with Crippen molar-refractivity contribution in [2.45, 2.75) is 44.4 Å². The van der Waals surface area contributed by atoms with Crippen LogP contribution in [0.15, 0.2) is 36.4 Å². The van der Waals surface area contributed by atoms with Crippen LogP contribution >= 0.6 is 11.6 Å². The number of aromatic nitrogens is 1. The van der Waals surface area contributed by atoms with E-state index in [0.29, 0.717) is 30.3 Å². The lowest BCUT2D eigenvalue weighted by molar-refractivity contribution is -0.139. The summed E-state index contributed by atoms with van der Waals surface area (Å²) in [6, 6.07) is 6.24. The second-order valence-corrected chi connectivity index (χ2v) is 9.01. The standard InChI is InChI=1S/C24H22ClF3N4O4/c1-11(22(34)35)29-21(33)12-2-5-15-16-9-13(4-7-19(16)32-20(15)8-12)30-23(36)31-14-3-6-18(25)17(10-14)24(26,27)28/h2-3,5-6,8,10-11,13,32H,4,7,9H2,1H3,(H,29,33)(H,34,35)(H2,30,31,36). The Morgan fingerprint density at radius 2 is 1.92 bits per heavy atom. The summed E-state index contributed by atoms with van der Waals surface area (Å²) in [5.74, 6) is -1.65. The van der Waals surface area contributed by atoms with Gasteiger partial charge in [0, 0.05) is 33.9 Å². The number of carboxylic acid groups (broad SMARTS) is 1. The quantitative estimate of drug-likeness (QED) is 0.332. The first-order valence-corrected chi connectivity index (χ1v) is 11.4. The molecule has 3 amide bonds. The van der Waals surface area contributed by atoms with Crippen molar-refractivity contribution in [3.8, 4) is 0 Å². The van der Waals surface area contributed by atoms with Crippen LogP contribution in [0.1, 0.15) is 40.5 Å². The molecule has 0 saturated heterocycles. The lowest BCUT2D eigenvalue weighted by Crippen LogP contribution is -2.41. The minimum absolute atomic E-state index is 0.0316. The van der Waals surface area contributed by atoms with Crippen molar-refractivity contribution in [1.82, 2.24) is 15.6 Å². The number of aryl methyl sites for hydroxylation is 1. The van der Waals surface area contributed by atoms with Gasteiger partial charge in [-0.05, 0) is 62.1 Å². The molecular weight excluding hydrogens is 501 g/mol. The lowest BCUT2D eigenvalue weighted by Gasteiger charge is -2.24. The molecule has 1 heterocycles. The molecule has 0 bridgehead atoms. The summed E-state index contributed by atoms with van der Waals surface area (Å²) in [6.45, 7) is 1.37. The first-order chi connectivity index (χ1) is 16.9. The van der Waals surface area contributed by atoms with Crippen molar-refractivity contribution < 1.29 is 32.7 Å². The number of rotatable bonds is 5. The van der Waals surface area contributed by atoms with Gasteiger partial charge in [0.05, 0.1) is 10.6 Å². The number of hydrogen-bond acceptors (Lipinski definition) is 3. The normalized spacial score (nSPS) is 16.2. The average Bonchev–Trinajstić information content (AvgIpc) is 3.16. The van der Waals surface area contributed by atoms with E-state index in [-0.39, 0.29) is 11.7 Å². The van der Waals surface area contributed by atoms with Crippen molar-refractivity contribution in [3.05, 3.63) is 63.8 Å². The maximum Gasteiger partial charge on any atom is 0.417 e. The highest BCUT2D eigenvalue weighted by Gasteiger charge is 2.33. The first-order valence-electron chi connectivity index (χ1n) is 11.0. The van der Waals surface area contributed by atoms with Gasteiger partial charge in [-0.2, -0.15) is 13.2 Å². The molecule has 5 N–H and O–H groups in total. The summed E-state index contributed by atoms with van der Waals surface area (Å²) >= 11 is 5.62. The van der Waals surface area contributed by atoms with Crippen LogP contribution in [0.2, 0.25) is 5.02 Å². The number of urea groups is 1. The van der Waals surface area contributed by atoms with Gasteiger partial charge in [0.2, 0.25) is 0 Å². The number of benzene rings is 2. The van der Waals surface area contributed by atoms with E-state index < -0.39 is 40.7 Å². The fourth-order valence-electron chi connectivity index (χ4n) is 4.20. The Morgan fingerprint density at radius 1 is 1.17 bits per heavy atom. The van der Waals surface area contributed by atoms with Gasteiger partial charge in [0.15, 0.2) is 0 Å². The molecule has 0 aliphatic heterocycles. The summed E-state index contributed by atoms with van der Waals surface area (Å²) in [5, 5.41) is 17.0. The van der Waals surface area contributed by atoms with Gasteiger partial charge >= 0.3 is 18.2 Å². The van der Waals surface area contributed by atoms with Crippen molar-refractivity contribution in [1.29, 1.82) is 0 Å². The van der Waals surface area contributed by atoms with Gasteiger partial charge in [-0.3, -0.25) is 9.59 Å². The maximum absolute atomic E-state index is 13.1. The number of nitrogens with one attached hydrogen (secondary N) is 4. The van der Waals surface area contributed by atoms with Crippen LogP contribution in [0.25, 0.3) is 10.9 Å². The molecule has 12 heteroatoms. The lowest BCUT2D eigenvalue weighted by atomic mass is 9.91. The number of anilines is 1. The zero-order valence-corrected chi connectivity index (χ0v) is 19.7. The van der Waals surface area contributed by atoms with Crippen LogP contribution in [-0.2, 0) is 23.8 Å². The van der Waals surface area contributed by atoms with Crippen LogP contribution in [0.3, 0.4) is 0 Å². The molecule has 0 fully saturated rings. The zero-order chi connectivity index (χ0) is 26.2. The highest BCUT2D eigenvalue weighted by molar-refractivity contribution is 6.31. The first kappa shape index (κ1) is 25.4. The van der Waals surface area contributed by atoms with Crippen molar-refractivity contribution >= 4 is 46.1 Å². The van der Waals surface area contributed by atoms with Crippen molar-refractivity contribution in [3.63, 3.8) is 0 Å². The molecule has 1 aromatic heterocycles. The minimum Gasteiger partial charge on any atom is -0.480 e. The molecule has 4 rings (SSSR count). The van der Waals surface area contributed by atoms with Gasteiger partial charge in [-0.15, -0.1) is 0 Å². The van der Waals surface area contributed by atoms with Gasteiger partial charge in [-0.25, -0.2) is 4.79 Å². The van der Waals surface area contributed by atoms with Gasteiger partial charge in [0.1, 0.15) is 6.04 Å². The van der Waals surface area contributed by atoms with Crippen molar-refractivity contribution in [2.75, 3.05) is 5.32 Å². The number of fused-ring (bicyclic) bond motifs is 3. The van der Waals surface area contributed by atoms with Gasteiger partial charge < -0.3 is 26.0 Å². The smallest absolute Gasteiger partial charge is 0.417 e. The van der Waals surface area contributed by atoms with Crippen molar-refractivity contribution in [2.24, 2.45) is 0 Å². The second-order valence-electron chi connectivity index (χ2n) is 8.61. The summed E-state index contributed by atoms with van der Waals surface area (Å²) in [6.07, 6.45) is -2.94. The Bertz CT molecular complexity index is 1360. The Hall–Kier alpha value is -3.73. The number of carbonyl (C=O) groups excluding carboxylic acids is 2. The largest absolute Gasteiger partial charge is 0.480 e. The van der Waals surface area contributed by atoms with Crippen LogP contribution in [-0.4, -0.2) is 40.1 Å². The van der Waals surface area contributed by atoms with E-state index in [2.05, 4.69) is 20.9 Å². The average molecular weight is 523 g/mol. The zero-order valence-electron chi connectivity index (χ0n) is 18.9. The van der Waals surface area contributed by atoms with E-state index in [0.717, 1.165) is 28.8 Å². The molecule has 2 atom stereocenters. The van der Waals surface area contributed by atoms with E-state index in [1.165, 1.54) is 13.0 Å². The molecular formula is C24H22ClF3N4O4. The Labute approximate surface area is 208 Å². The fourth-order valence-corrected chi connectivity index (χ4v) is 4.43.